The molecule has 0 amide bonds. The highest BCUT2D eigenvalue weighted by atomic mass is 16.5. The number of nitrogens with zero attached hydrogens (tertiary/aromatic N) is 1. The van der Waals surface area contributed by atoms with Crippen LogP contribution in [0.5, 0.6) is 0 Å². The number of rotatable bonds is 5. The van der Waals surface area contributed by atoms with Crippen molar-refractivity contribution < 1.29 is 14.9 Å². The van der Waals surface area contributed by atoms with Gasteiger partial charge < -0.3 is 14.9 Å². The van der Waals surface area contributed by atoms with Gasteiger partial charge in [-0.2, -0.15) is 0 Å². The molecule has 0 bridgehead atoms. The fraction of sp³-hybridized carbons (Fsp3) is 1.00. The summed E-state index contributed by atoms with van der Waals surface area (Å²) in [5.74, 6) is 0. The molecule has 1 saturated heterocycles. The number of aliphatic hydroxyl groups excluding tert-OH is 2. The van der Waals surface area contributed by atoms with E-state index in [-0.39, 0.29) is 12.7 Å². The van der Waals surface area contributed by atoms with Gasteiger partial charge in [0.2, 0.25) is 0 Å². The van der Waals surface area contributed by atoms with Gasteiger partial charge in [0.15, 0.2) is 0 Å². The molecule has 0 saturated carbocycles. The van der Waals surface area contributed by atoms with Crippen molar-refractivity contribution in [3.63, 3.8) is 0 Å². The molecule has 2 N–H and O–H groups in total. The lowest BCUT2D eigenvalue weighted by Gasteiger charge is -2.13. The van der Waals surface area contributed by atoms with Crippen LogP contribution in [0.3, 0.4) is 0 Å². The van der Waals surface area contributed by atoms with E-state index in [0.29, 0.717) is 13.2 Å². The Labute approximate surface area is 72.7 Å². The van der Waals surface area contributed by atoms with Crippen molar-refractivity contribution in [2.75, 3.05) is 39.5 Å². The molecular weight excluding hydrogens is 158 g/mol. The Hall–Kier alpha value is -0.160. The Morgan fingerprint density at radius 3 is 2.83 bits per heavy atom. The van der Waals surface area contributed by atoms with Crippen LogP contribution in [0, 0.1) is 0 Å². The molecular formula is C8H17NO3. The van der Waals surface area contributed by atoms with Gasteiger partial charge in [-0.05, 0) is 6.42 Å². The average molecular weight is 175 g/mol. The van der Waals surface area contributed by atoms with Gasteiger partial charge in [-0.25, -0.2) is 0 Å². The lowest BCUT2D eigenvalue weighted by molar-refractivity contribution is 0.0750. The highest BCUT2D eigenvalue weighted by Crippen LogP contribution is 2.07. The SMILES string of the molecule is OCCOCCN1CC[C@H](O)C1. The first kappa shape index (κ1) is 9.92. The van der Waals surface area contributed by atoms with Crippen molar-refractivity contribution in [1.29, 1.82) is 0 Å². The summed E-state index contributed by atoms with van der Waals surface area (Å²) in [6.45, 7) is 3.73. The largest absolute Gasteiger partial charge is 0.394 e. The maximum absolute atomic E-state index is 9.18. The van der Waals surface area contributed by atoms with Crippen LogP contribution in [-0.4, -0.2) is 60.7 Å². The Kier molecular flexibility index (Phi) is 4.53. The molecule has 0 aromatic carbocycles. The second-order valence-corrected chi connectivity index (χ2v) is 3.08. The zero-order valence-corrected chi connectivity index (χ0v) is 7.28. The van der Waals surface area contributed by atoms with Gasteiger partial charge in [-0.1, -0.05) is 0 Å². The second kappa shape index (κ2) is 5.48. The van der Waals surface area contributed by atoms with Crippen LogP contribution in [0.4, 0.5) is 0 Å². The minimum Gasteiger partial charge on any atom is -0.394 e. The third-order valence-electron chi connectivity index (χ3n) is 2.03. The van der Waals surface area contributed by atoms with E-state index in [1.165, 1.54) is 0 Å². The summed E-state index contributed by atoms with van der Waals surface area (Å²) >= 11 is 0. The van der Waals surface area contributed by atoms with Gasteiger partial charge in [-0.15, -0.1) is 0 Å². The Bertz CT molecular complexity index is 121. The van der Waals surface area contributed by atoms with E-state index in [0.717, 1.165) is 26.1 Å². The molecule has 4 heteroatoms. The number of β-amino-alcohol motifs (C(OH)–C–C–N with tert-alkyl or cyclic N) is 1. The second-order valence-electron chi connectivity index (χ2n) is 3.08. The number of hydrogen-bond donors (Lipinski definition) is 2. The lowest BCUT2D eigenvalue weighted by atomic mass is 10.3. The summed E-state index contributed by atoms with van der Waals surface area (Å²) in [4.78, 5) is 2.17. The first-order chi connectivity index (χ1) is 5.83. The van der Waals surface area contributed by atoms with Gasteiger partial charge in [0.25, 0.3) is 0 Å². The summed E-state index contributed by atoms with van der Waals surface area (Å²) in [5.41, 5.74) is 0. The predicted octanol–water partition coefficient (Wildman–Crippen LogP) is -0.938. The molecule has 1 aliphatic rings. The Morgan fingerprint density at radius 2 is 2.25 bits per heavy atom. The fourth-order valence-electron chi connectivity index (χ4n) is 1.38. The minimum absolute atomic E-state index is 0.0859. The van der Waals surface area contributed by atoms with Crippen molar-refractivity contribution in [2.45, 2.75) is 12.5 Å². The molecule has 1 heterocycles. The predicted molar refractivity (Wildman–Crippen MR) is 45.0 cm³/mol. The third kappa shape index (κ3) is 3.49. The summed E-state index contributed by atoms with van der Waals surface area (Å²) in [5, 5.41) is 17.6. The standard InChI is InChI=1S/C8H17NO3/c10-4-6-12-5-3-9-2-1-8(11)7-9/h8,10-11H,1-7H2/t8-/m0/s1. The molecule has 72 valence electrons. The van der Waals surface area contributed by atoms with Crippen LogP contribution in [0.15, 0.2) is 0 Å². The Balaban J connectivity index is 1.93. The zero-order chi connectivity index (χ0) is 8.81. The smallest absolute Gasteiger partial charge is 0.0698 e. The minimum atomic E-state index is -0.150. The molecule has 1 fully saturated rings. The first-order valence-corrected chi connectivity index (χ1v) is 4.42. The Morgan fingerprint density at radius 1 is 1.42 bits per heavy atom. The van der Waals surface area contributed by atoms with Crippen LogP contribution in [0.2, 0.25) is 0 Å². The van der Waals surface area contributed by atoms with Crippen LogP contribution in [0.25, 0.3) is 0 Å². The van der Waals surface area contributed by atoms with E-state index in [2.05, 4.69) is 4.90 Å². The third-order valence-corrected chi connectivity index (χ3v) is 2.03. The molecule has 12 heavy (non-hydrogen) atoms. The summed E-state index contributed by atoms with van der Waals surface area (Å²) in [7, 11) is 0. The number of likely N-dealkylation sites (tertiary alicyclic amines) is 1. The van der Waals surface area contributed by atoms with Crippen LogP contribution < -0.4 is 0 Å². The number of aliphatic hydroxyl groups is 2. The maximum atomic E-state index is 9.18. The average Bonchev–Trinajstić information content (AvgIpc) is 2.45. The summed E-state index contributed by atoms with van der Waals surface area (Å²) in [6.07, 6.45) is 0.725. The van der Waals surface area contributed by atoms with Crippen LogP contribution in [-0.2, 0) is 4.74 Å². The lowest BCUT2D eigenvalue weighted by Crippen LogP contribution is -2.26. The van der Waals surface area contributed by atoms with Gasteiger partial charge in [0.1, 0.15) is 0 Å². The molecule has 0 aromatic heterocycles. The molecule has 0 aromatic rings. The molecule has 0 unspecified atom stereocenters. The molecule has 0 radical (unpaired) electrons. The van der Waals surface area contributed by atoms with E-state index in [4.69, 9.17) is 9.84 Å². The summed E-state index contributed by atoms with van der Waals surface area (Å²) in [6, 6.07) is 0. The van der Waals surface area contributed by atoms with Crippen LogP contribution >= 0.6 is 0 Å². The van der Waals surface area contributed by atoms with Crippen molar-refractivity contribution in [2.24, 2.45) is 0 Å². The molecule has 0 aliphatic carbocycles. The van der Waals surface area contributed by atoms with Crippen molar-refractivity contribution in [3.8, 4) is 0 Å². The van der Waals surface area contributed by atoms with E-state index in [1.807, 2.05) is 0 Å². The highest BCUT2D eigenvalue weighted by molar-refractivity contribution is 4.73. The van der Waals surface area contributed by atoms with Crippen molar-refractivity contribution in [1.82, 2.24) is 4.90 Å². The van der Waals surface area contributed by atoms with Gasteiger partial charge in [-0.3, -0.25) is 4.90 Å². The monoisotopic (exact) mass is 175 g/mol. The van der Waals surface area contributed by atoms with E-state index < -0.39 is 0 Å². The summed E-state index contributed by atoms with van der Waals surface area (Å²) < 4.78 is 5.11. The van der Waals surface area contributed by atoms with Crippen molar-refractivity contribution >= 4 is 0 Å². The molecule has 4 nitrogen and oxygen atoms in total. The quantitative estimate of drug-likeness (QED) is 0.530. The molecule has 1 atom stereocenters. The van der Waals surface area contributed by atoms with Gasteiger partial charge in [0, 0.05) is 19.6 Å². The number of hydrogen-bond acceptors (Lipinski definition) is 4. The fourth-order valence-corrected chi connectivity index (χ4v) is 1.38. The van der Waals surface area contributed by atoms with Crippen LogP contribution in [0.1, 0.15) is 6.42 Å². The molecule has 1 rings (SSSR count). The zero-order valence-electron chi connectivity index (χ0n) is 7.28. The van der Waals surface area contributed by atoms with Crippen molar-refractivity contribution in [3.05, 3.63) is 0 Å². The molecule has 1 aliphatic heterocycles. The topological polar surface area (TPSA) is 52.9 Å². The van der Waals surface area contributed by atoms with Gasteiger partial charge >= 0.3 is 0 Å². The first-order valence-electron chi connectivity index (χ1n) is 4.42. The normalized spacial score (nSPS) is 25.0. The van der Waals surface area contributed by atoms with E-state index in [1.54, 1.807) is 0 Å². The highest BCUT2D eigenvalue weighted by Gasteiger charge is 2.18. The number of ether oxygens (including phenoxy) is 1. The molecule has 0 spiro atoms. The maximum Gasteiger partial charge on any atom is 0.0698 e. The van der Waals surface area contributed by atoms with E-state index in [9.17, 15) is 5.11 Å². The van der Waals surface area contributed by atoms with Gasteiger partial charge in [0.05, 0.1) is 25.9 Å². The van der Waals surface area contributed by atoms with E-state index >= 15 is 0 Å².